The second-order valence-corrected chi connectivity index (χ2v) is 8.21. The molecule has 1 N–H and O–H groups in total. The lowest BCUT2D eigenvalue weighted by Crippen LogP contribution is -2.18. The van der Waals surface area contributed by atoms with Gasteiger partial charge in [0.25, 0.3) is 5.91 Å². The van der Waals surface area contributed by atoms with Crippen LogP contribution in [-0.2, 0) is 17.4 Å². The number of anilines is 1. The van der Waals surface area contributed by atoms with Crippen LogP contribution in [0.2, 0.25) is 0 Å². The predicted molar refractivity (Wildman–Crippen MR) is 119 cm³/mol. The lowest BCUT2D eigenvalue weighted by Gasteiger charge is -2.12. The summed E-state index contributed by atoms with van der Waals surface area (Å²) in [5.41, 5.74) is 1.93. The van der Waals surface area contributed by atoms with Crippen LogP contribution >= 0.6 is 11.3 Å². The van der Waals surface area contributed by atoms with Crippen LogP contribution < -0.4 is 5.32 Å². The second-order valence-electron chi connectivity index (χ2n) is 7.01. The van der Waals surface area contributed by atoms with Crippen LogP contribution in [0, 0.1) is 6.92 Å². The van der Waals surface area contributed by atoms with E-state index in [1.165, 1.54) is 6.92 Å². The third kappa shape index (κ3) is 6.16. The molecule has 0 aliphatic heterocycles. The highest BCUT2D eigenvalue weighted by molar-refractivity contribution is 7.13. The number of aromatic nitrogens is 1. The normalized spacial score (nSPS) is 11.7. The van der Waals surface area contributed by atoms with E-state index in [0.29, 0.717) is 18.7 Å². The van der Waals surface area contributed by atoms with Crippen LogP contribution in [0.1, 0.15) is 50.4 Å². The van der Waals surface area contributed by atoms with Crippen LogP contribution in [0.4, 0.5) is 18.9 Å². The van der Waals surface area contributed by atoms with Crippen LogP contribution in [0.5, 0.6) is 0 Å². The molecule has 0 saturated carbocycles. The highest BCUT2D eigenvalue weighted by atomic mass is 32.1. The van der Waals surface area contributed by atoms with Gasteiger partial charge in [0.1, 0.15) is 11.5 Å². The Morgan fingerprint density at radius 1 is 1.19 bits per heavy atom. The molecule has 5 nitrogen and oxygen atoms in total. The highest BCUT2D eigenvalue weighted by Gasteiger charge is 2.39. The third-order valence-corrected chi connectivity index (χ3v) is 5.39. The van der Waals surface area contributed by atoms with Crippen molar-refractivity contribution in [3.05, 3.63) is 80.8 Å². The number of rotatable bonds is 8. The van der Waals surface area contributed by atoms with Crippen molar-refractivity contribution in [3.63, 3.8) is 0 Å². The number of alkyl halides is 3. The summed E-state index contributed by atoms with van der Waals surface area (Å²) in [4.78, 5) is 20.8. The molecule has 1 amide bonds. The Morgan fingerprint density at radius 2 is 1.91 bits per heavy atom. The van der Waals surface area contributed by atoms with Gasteiger partial charge in [-0.2, -0.15) is 13.2 Å². The first-order valence-corrected chi connectivity index (χ1v) is 10.8. The van der Waals surface area contributed by atoms with E-state index in [0.717, 1.165) is 34.4 Å². The van der Waals surface area contributed by atoms with E-state index in [9.17, 15) is 18.0 Å². The molecule has 3 rings (SSSR count). The standard InChI is InChI=1S/C23H22F3N3O2S/c1-3-12-31-27-14-17-10-8-16(9-11-17)13-18-6-4-5-7-19(18)29-22(30)20-21(23(24,25)26)28-15(2)32-20/h4-11,14H,3,12-13H2,1-2H3,(H,29,30)/b27-14+. The number of thiazole rings is 1. The van der Waals surface area contributed by atoms with Gasteiger partial charge < -0.3 is 10.2 Å². The van der Waals surface area contributed by atoms with Gasteiger partial charge in [-0.15, -0.1) is 11.3 Å². The van der Waals surface area contributed by atoms with E-state index in [2.05, 4.69) is 15.5 Å². The average molecular weight is 462 g/mol. The fourth-order valence-electron chi connectivity index (χ4n) is 2.93. The number of carbonyl (C=O) groups is 1. The van der Waals surface area contributed by atoms with Crippen molar-refractivity contribution >= 4 is 29.1 Å². The number of hydrogen-bond donors (Lipinski definition) is 1. The zero-order valence-corrected chi connectivity index (χ0v) is 18.4. The van der Waals surface area contributed by atoms with Crippen molar-refractivity contribution in [2.45, 2.75) is 32.9 Å². The summed E-state index contributed by atoms with van der Waals surface area (Å²) in [6.07, 6.45) is -1.69. The van der Waals surface area contributed by atoms with Gasteiger partial charge in [0.15, 0.2) is 5.69 Å². The number of nitrogens with zero attached hydrogens (tertiary/aromatic N) is 2. The summed E-state index contributed by atoms with van der Waals surface area (Å²) in [5, 5.41) is 6.69. The lowest BCUT2D eigenvalue weighted by molar-refractivity contribution is -0.141. The minimum atomic E-state index is -4.69. The summed E-state index contributed by atoms with van der Waals surface area (Å²) in [7, 11) is 0. The molecule has 0 atom stereocenters. The van der Waals surface area contributed by atoms with E-state index in [1.54, 1.807) is 18.3 Å². The quantitative estimate of drug-likeness (QED) is 0.251. The van der Waals surface area contributed by atoms with Crippen molar-refractivity contribution in [1.82, 2.24) is 4.98 Å². The molecule has 1 heterocycles. The Kier molecular flexibility index (Phi) is 7.63. The van der Waals surface area contributed by atoms with Gasteiger partial charge in [0.2, 0.25) is 0 Å². The molecule has 0 fully saturated rings. The predicted octanol–water partition coefficient (Wildman–Crippen LogP) is 6.07. The van der Waals surface area contributed by atoms with E-state index in [4.69, 9.17) is 4.84 Å². The zero-order chi connectivity index (χ0) is 23.1. The van der Waals surface area contributed by atoms with Gasteiger partial charge in [-0.3, -0.25) is 4.79 Å². The van der Waals surface area contributed by atoms with Crippen molar-refractivity contribution < 1.29 is 22.8 Å². The molecule has 0 radical (unpaired) electrons. The Hall–Kier alpha value is -3.20. The number of halogens is 3. The molecular weight excluding hydrogens is 439 g/mol. The molecule has 0 spiro atoms. The molecule has 168 valence electrons. The Morgan fingerprint density at radius 3 is 2.59 bits per heavy atom. The first kappa shape index (κ1) is 23.5. The van der Waals surface area contributed by atoms with Gasteiger partial charge in [0, 0.05) is 5.69 Å². The maximum atomic E-state index is 13.2. The van der Waals surface area contributed by atoms with E-state index in [-0.39, 0.29) is 5.01 Å². The number of nitrogens with one attached hydrogen (secondary N) is 1. The summed E-state index contributed by atoms with van der Waals surface area (Å²) in [5.74, 6) is -0.825. The van der Waals surface area contributed by atoms with E-state index >= 15 is 0 Å². The summed E-state index contributed by atoms with van der Waals surface area (Å²) in [6, 6.07) is 14.7. The molecule has 0 aliphatic rings. The minimum Gasteiger partial charge on any atom is -0.396 e. The van der Waals surface area contributed by atoms with Crippen LogP contribution in [0.3, 0.4) is 0 Å². The largest absolute Gasteiger partial charge is 0.435 e. The number of hydrogen-bond acceptors (Lipinski definition) is 5. The molecule has 2 aromatic carbocycles. The number of amides is 1. The summed E-state index contributed by atoms with van der Waals surface area (Å²) < 4.78 is 39.7. The molecule has 0 bridgehead atoms. The molecular formula is C23H22F3N3O2S. The maximum absolute atomic E-state index is 13.2. The van der Waals surface area contributed by atoms with Crippen LogP contribution in [-0.4, -0.2) is 23.7 Å². The Bertz CT molecular complexity index is 1090. The molecule has 1 aromatic heterocycles. The van der Waals surface area contributed by atoms with Gasteiger partial charge >= 0.3 is 6.18 Å². The van der Waals surface area contributed by atoms with Gasteiger partial charge in [-0.1, -0.05) is 54.5 Å². The molecule has 0 unspecified atom stereocenters. The van der Waals surface area contributed by atoms with Crippen molar-refractivity contribution in [3.8, 4) is 0 Å². The van der Waals surface area contributed by atoms with Crippen molar-refractivity contribution in [2.75, 3.05) is 11.9 Å². The maximum Gasteiger partial charge on any atom is 0.435 e. The lowest BCUT2D eigenvalue weighted by atomic mass is 10.0. The number of benzene rings is 2. The summed E-state index contributed by atoms with van der Waals surface area (Å²) >= 11 is 0.724. The first-order chi connectivity index (χ1) is 15.3. The molecule has 9 heteroatoms. The number of aryl methyl sites for hydroxylation is 1. The monoisotopic (exact) mass is 461 g/mol. The second kappa shape index (κ2) is 10.4. The fourth-order valence-corrected chi connectivity index (χ4v) is 3.77. The van der Waals surface area contributed by atoms with Crippen molar-refractivity contribution in [2.24, 2.45) is 5.16 Å². The van der Waals surface area contributed by atoms with E-state index in [1.807, 2.05) is 43.3 Å². The SMILES string of the molecule is CCCO/N=C/c1ccc(Cc2ccccc2NC(=O)c2sc(C)nc2C(F)(F)F)cc1. The number of carbonyl (C=O) groups excluding carboxylic acids is 1. The summed E-state index contributed by atoms with van der Waals surface area (Å²) in [6.45, 7) is 4.00. The van der Waals surface area contributed by atoms with E-state index < -0.39 is 22.7 Å². The molecule has 0 saturated heterocycles. The smallest absolute Gasteiger partial charge is 0.396 e. The Balaban J connectivity index is 1.74. The zero-order valence-electron chi connectivity index (χ0n) is 17.6. The Labute approximate surface area is 187 Å². The third-order valence-electron chi connectivity index (χ3n) is 4.42. The van der Waals surface area contributed by atoms with Gasteiger partial charge in [0.05, 0.1) is 11.2 Å². The first-order valence-electron chi connectivity index (χ1n) is 9.96. The topological polar surface area (TPSA) is 63.6 Å². The molecule has 32 heavy (non-hydrogen) atoms. The van der Waals surface area contributed by atoms with Crippen molar-refractivity contribution in [1.29, 1.82) is 0 Å². The molecule has 0 aliphatic carbocycles. The van der Waals surface area contributed by atoms with Gasteiger partial charge in [-0.05, 0) is 42.5 Å². The molecule has 3 aromatic rings. The van der Waals surface area contributed by atoms with Crippen LogP contribution in [0.15, 0.2) is 53.7 Å². The fraction of sp³-hybridized carbons (Fsp3) is 0.261. The van der Waals surface area contributed by atoms with Crippen LogP contribution in [0.25, 0.3) is 0 Å². The highest BCUT2D eigenvalue weighted by Crippen LogP contribution is 2.34. The number of oxime groups is 1. The number of para-hydroxylation sites is 1. The van der Waals surface area contributed by atoms with Gasteiger partial charge in [-0.25, -0.2) is 4.98 Å². The average Bonchev–Trinajstić information content (AvgIpc) is 3.16. The minimum absolute atomic E-state index is 0.180.